The number of sulfonamides is 1. The van der Waals surface area contributed by atoms with Crippen molar-refractivity contribution in [2.45, 2.75) is 17.7 Å². The molecule has 0 aliphatic carbocycles. The number of thiazole rings is 1. The quantitative estimate of drug-likeness (QED) is 0.407. The van der Waals surface area contributed by atoms with Crippen molar-refractivity contribution in [1.29, 1.82) is 0 Å². The van der Waals surface area contributed by atoms with Crippen LogP contribution in [0, 0.1) is 16.0 Å². The van der Waals surface area contributed by atoms with E-state index in [9.17, 15) is 23.3 Å². The fourth-order valence-corrected chi connectivity index (χ4v) is 6.28. The zero-order chi connectivity index (χ0) is 23.0. The monoisotopic (exact) mass is 494 g/mol. The van der Waals surface area contributed by atoms with Gasteiger partial charge in [-0.3, -0.25) is 14.9 Å². The number of hydrogen-bond donors (Lipinski definition) is 0. The molecular weight excluding hydrogens is 476 g/mol. The molecule has 0 unspecified atom stereocenters. The van der Waals surface area contributed by atoms with Crippen molar-refractivity contribution in [1.82, 2.24) is 8.87 Å². The molecule has 3 aromatic rings. The van der Waals surface area contributed by atoms with E-state index in [1.54, 1.807) is 17.7 Å². The number of piperidine rings is 1. The zero-order valence-corrected chi connectivity index (χ0v) is 19.4. The van der Waals surface area contributed by atoms with Crippen LogP contribution in [-0.2, 0) is 21.9 Å². The van der Waals surface area contributed by atoms with E-state index in [-0.39, 0.29) is 35.5 Å². The van der Waals surface area contributed by atoms with E-state index < -0.39 is 14.9 Å². The Kier molecular flexibility index (Phi) is 6.17. The standard InChI is InChI=1S/C20H19ClN4O5S2/c1-23-17-7-4-15(25(27)28)12-18(17)31-20(23)22-19(26)13-8-10-24(11-9-13)32(29,30)16-5-2-14(21)3-6-16/h2-7,12-13H,8-11H2,1H3. The van der Waals surface area contributed by atoms with Gasteiger partial charge in [0.1, 0.15) is 0 Å². The highest BCUT2D eigenvalue weighted by molar-refractivity contribution is 7.89. The lowest BCUT2D eigenvalue weighted by atomic mass is 9.98. The highest BCUT2D eigenvalue weighted by atomic mass is 35.5. The summed E-state index contributed by atoms with van der Waals surface area (Å²) in [5.41, 5.74) is 0.725. The van der Waals surface area contributed by atoms with Crippen LogP contribution < -0.4 is 4.80 Å². The van der Waals surface area contributed by atoms with Gasteiger partial charge in [0.25, 0.3) is 11.6 Å². The molecule has 32 heavy (non-hydrogen) atoms. The van der Waals surface area contributed by atoms with Crippen molar-refractivity contribution in [3.63, 3.8) is 0 Å². The summed E-state index contributed by atoms with van der Waals surface area (Å²) in [6, 6.07) is 10.5. The smallest absolute Gasteiger partial charge is 0.270 e. The predicted octanol–water partition coefficient (Wildman–Crippen LogP) is 3.33. The first-order valence-electron chi connectivity index (χ1n) is 9.75. The number of nitrogens with zero attached hydrogens (tertiary/aromatic N) is 4. The summed E-state index contributed by atoms with van der Waals surface area (Å²) in [6.07, 6.45) is 0.741. The first-order valence-corrected chi connectivity index (χ1v) is 12.4. The Balaban J connectivity index is 1.50. The summed E-state index contributed by atoms with van der Waals surface area (Å²) in [4.78, 5) is 28.2. The molecule has 2 aromatic carbocycles. The van der Waals surface area contributed by atoms with Gasteiger partial charge in [0.2, 0.25) is 10.0 Å². The Bertz CT molecular complexity index is 1370. The van der Waals surface area contributed by atoms with Gasteiger partial charge in [0, 0.05) is 43.2 Å². The second-order valence-corrected chi connectivity index (χ2v) is 10.8. The minimum Gasteiger partial charge on any atom is -0.319 e. The second kappa shape index (κ2) is 8.74. The molecule has 0 saturated carbocycles. The van der Waals surface area contributed by atoms with Crippen LogP contribution in [0.15, 0.2) is 52.4 Å². The summed E-state index contributed by atoms with van der Waals surface area (Å²) in [5.74, 6) is -0.698. The van der Waals surface area contributed by atoms with E-state index in [0.29, 0.717) is 27.4 Å². The Morgan fingerprint density at radius 2 is 1.84 bits per heavy atom. The molecule has 0 bridgehead atoms. The van der Waals surface area contributed by atoms with Gasteiger partial charge in [0.15, 0.2) is 4.80 Å². The number of amides is 1. The summed E-state index contributed by atoms with van der Waals surface area (Å²) in [6.45, 7) is 0.448. The van der Waals surface area contributed by atoms with Crippen molar-refractivity contribution in [3.05, 3.63) is 62.4 Å². The molecule has 1 fully saturated rings. The summed E-state index contributed by atoms with van der Waals surface area (Å²) in [5, 5.41) is 11.5. The van der Waals surface area contributed by atoms with E-state index in [0.717, 1.165) is 5.52 Å². The number of rotatable bonds is 4. The number of non-ortho nitro benzene ring substituents is 1. The number of aryl methyl sites for hydroxylation is 1. The van der Waals surface area contributed by atoms with Gasteiger partial charge in [-0.25, -0.2) is 8.42 Å². The Hall–Kier alpha value is -2.60. The molecule has 1 amide bonds. The van der Waals surface area contributed by atoms with E-state index in [4.69, 9.17) is 11.6 Å². The molecule has 4 rings (SSSR count). The molecular formula is C20H19ClN4O5S2. The number of benzene rings is 2. The number of aromatic nitrogens is 1. The minimum absolute atomic E-state index is 0.0218. The van der Waals surface area contributed by atoms with Gasteiger partial charge >= 0.3 is 0 Å². The number of nitro benzene ring substituents is 1. The minimum atomic E-state index is -3.65. The maximum Gasteiger partial charge on any atom is 0.270 e. The lowest BCUT2D eigenvalue weighted by molar-refractivity contribution is -0.384. The highest BCUT2D eigenvalue weighted by Crippen LogP contribution is 2.26. The van der Waals surface area contributed by atoms with E-state index in [1.165, 1.54) is 52.0 Å². The molecule has 1 aliphatic rings. The van der Waals surface area contributed by atoms with Gasteiger partial charge in [-0.15, -0.1) is 0 Å². The van der Waals surface area contributed by atoms with Crippen molar-refractivity contribution >= 4 is 54.8 Å². The molecule has 0 atom stereocenters. The number of carbonyl (C=O) groups excluding carboxylic acids is 1. The fraction of sp³-hybridized carbons (Fsp3) is 0.300. The molecule has 9 nitrogen and oxygen atoms in total. The summed E-state index contributed by atoms with van der Waals surface area (Å²) < 4.78 is 29.4. The molecule has 1 aliphatic heterocycles. The first-order chi connectivity index (χ1) is 15.2. The van der Waals surface area contributed by atoms with Gasteiger partial charge in [0.05, 0.1) is 20.0 Å². The Morgan fingerprint density at radius 1 is 1.19 bits per heavy atom. The third-order valence-electron chi connectivity index (χ3n) is 5.46. The van der Waals surface area contributed by atoms with Crippen LogP contribution in [-0.4, -0.2) is 41.2 Å². The third-order valence-corrected chi connectivity index (χ3v) is 8.72. The molecule has 0 N–H and O–H groups in total. The third kappa shape index (κ3) is 4.33. The highest BCUT2D eigenvalue weighted by Gasteiger charge is 2.32. The van der Waals surface area contributed by atoms with Crippen molar-refractivity contribution in [2.24, 2.45) is 18.0 Å². The maximum absolute atomic E-state index is 12.8. The van der Waals surface area contributed by atoms with Crippen LogP contribution in [0.3, 0.4) is 0 Å². The van der Waals surface area contributed by atoms with Gasteiger partial charge in [-0.05, 0) is 43.2 Å². The predicted molar refractivity (Wildman–Crippen MR) is 121 cm³/mol. The lowest BCUT2D eigenvalue weighted by Crippen LogP contribution is -2.40. The van der Waals surface area contributed by atoms with Crippen LogP contribution >= 0.6 is 22.9 Å². The second-order valence-electron chi connectivity index (χ2n) is 7.44. The normalized spacial score (nSPS) is 16.5. The number of nitro groups is 1. The van der Waals surface area contributed by atoms with Crippen molar-refractivity contribution in [3.8, 4) is 0 Å². The maximum atomic E-state index is 12.8. The van der Waals surface area contributed by atoms with Crippen molar-refractivity contribution in [2.75, 3.05) is 13.1 Å². The molecule has 0 radical (unpaired) electrons. The van der Waals surface area contributed by atoms with Gasteiger partial charge in [-0.2, -0.15) is 9.30 Å². The number of halogens is 1. The van der Waals surface area contributed by atoms with E-state index in [2.05, 4.69) is 4.99 Å². The molecule has 1 saturated heterocycles. The number of fused-ring (bicyclic) bond motifs is 1. The fourth-order valence-electron chi connectivity index (χ4n) is 3.63. The van der Waals surface area contributed by atoms with E-state index in [1.807, 2.05) is 0 Å². The molecule has 1 aromatic heterocycles. The average molecular weight is 495 g/mol. The Labute approximate surface area is 192 Å². The number of carbonyl (C=O) groups is 1. The van der Waals surface area contributed by atoms with Gasteiger partial charge < -0.3 is 4.57 Å². The van der Waals surface area contributed by atoms with Crippen LogP contribution in [0.4, 0.5) is 5.69 Å². The molecule has 168 valence electrons. The summed E-state index contributed by atoms with van der Waals surface area (Å²) >= 11 is 7.04. The molecule has 12 heteroatoms. The first kappa shape index (κ1) is 22.6. The van der Waals surface area contributed by atoms with Crippen LogP contribution in [0.5, 0.6) is 0 Å². The van der Waals surface area contributed by atoms with Crippen molar-refractivity contribution < 1.29 is 18.1 Å². The SMILES string of the molecule is Cn1c(=NC(=O)C2CCN(S(=O)(=O)c3ccc(Cl)cc3)CC2)sc2cc([N+](=O)[O-])ccc21. The van der Waals surface area contributed by atoms with E-state index >= 15 is 0 Å². The van der Waals surface area contributed by atoms with Crippen LogP contribution in [0.25, 0.3) is 10.2 Å². The topological polar surface area (TPSA) is 115 Å². The largest absolute Gasteiger partial charge is 0.319 e. The average Bonchev–Trinajstić information content (AvgIpc) is 3.08. The van der Waals surface area contributed by atoms with Gasteiger partial charge in [-0.1, -0.05) is 22.9 Å². The zero-order valence-electron chi connectivity index (χ0n) is 17.0. The van der Waals surface area contributed by atoms with Crippen LogP contribution in [0.1, 0.15) is 12.8 Å². The lowest BCUT2D eigenvalue weighted by Gasteiger charge is -2.29. The van der Waals surface area contributed by atoms with Crippen LogP contribution in [0.2, 0.25) is 5.02 Å². The summed E-state index contributed by atoms with van der Waals surface area (Å²) in [7, 11) is -1.90. The molecule has 2 heterocycles. The number of hydrogen-bond acceptors (Lipinski definition) is 6. The Morgan fingerprint density at radius 3 is 2.47 bits per heavy atom. The molecule has 0 spiro atoms.